The van der Waals surface area contributed by atoms with Crippen LogP contribution in [0, 0.1) is 5.41 Å². The van der Waals surface area contributed by atoms with E-state index in [1.54, 1.807) is 0 Å². The Morgan fingerprint density at radius 2 is 1.94 bits per heavy atom. The molecule has 0 aliphatic rings. The van der Waals surface area contributed by atoms with E-state index in [1.807, 2.05) is 0 Å². The summed E-state index contributed by atoms with van der Waals surface area (Å²) in [7, 11) is 4.14. The fraction of sp³-hybridized carbons (Fsp3) is 0.636. The first-order valence-electron chi connectivity index (χ1n) is 5.71. The molecule has 0 atom stereocenters. The number of hydrogen-bond donors (Lipinski definition) is 3. The highest BCUT2D eigenvalue weighted by atomic mass is 79.9. The molecule has 0 aromatic carbocycles. The molecule has 0 radical (unpaired) electrons. The highest BCUT2D eigenvalue weighted by Crippen LogP contribution is 2.27. The molecule has 0 fully saturated rings. The minimum atomic E-state index is 0.143. The molecule has 1 heterocycles. The summed E-state index contributed by atoms with van der Waals surface area (Å²) in [6.07, 6.45) is 1.47. The maximum Gasteiger partial charge on any atom is 0.159 e. The Morgan fingerprint density at radius 1 is 1.33 bits per heavy atom. The van der Waals surface area contributed by atoms with Gasteiger partial charge in [-0.25, -0.2) is 15.8 Å². The van der Waals surface area contributed by atoms with Gasteiger partial charge in [0.1, 0.15) is 16.6 Å². The first kappa shape index (κ1) is 15.1. The fourth-order valence-corrected chi connectivity index (χ4v) is 2.29. The van der Waals surface area contributed by atoms with Crippen LogP contribution in [-0.2, 0) is 0 Å². The van der Waals surface area contributed by atoms with Gasteiger partial charge in [0.15, 0.2) is 5.82 Å². The lowest BCUT2D eigenvalue weighted by molar-refractivity contribution is 0.254. The van der Waals surface area contributed by atoms with Crippen LogP contribution >= 0.6 is 15.9 Å². The molecular weight excluding hydrogens is 296 g/mol. The summed E-state index contributed by atoms with van der Waals surface area (Å²) in [5.74, 6) is 6.67. The molecule has 4 N–H and O–H groups in total. The number of hydrogen-bond acceptors (Lipinski definition) is 6. The van der Waals surface area contributed by atoms with Gasteiger partial charge in [-0.15, -0.1) is 0 Å². The topological polar surface area (TPSA) is 79.1 Å². The molecule has 0 saturated carbocycles. The van der Waals surface area contributed by atoms with E-state index in [-0.39, 0.29) is 5.41 Å². The van der Waals surface area contributed by atoms with E-state index in [4.69, 9.17) is 5.84 Å². The van der Waals surface area contributed by atoms with Crippen molar-refractivity contribution in [1.82, 2.24) is 14.9 Å². The van der Waals surface area contributed by atoms with Crippen LogP contribution in [0.2, 0.25) is 0 Å². The maximum absolute atomic E-state index is 5.36. The van der Waals surface area contributed by atoms with E-state index < -0.39 is 0 Å². The predicted octanol–water partition coefficient (Wildman–Crippen LogP) is 1.52. The van der Waals surface area contributed by atoms with Crippen LogP contribution < -0.4 is 16.6 Å². The number of halogens is 1. The van der Waals surface area contributed by atoms with E-state index in [0.717, 1.165) is 23.4 Å². The Kier molecular flexibility index (Phi) is 5.30. The van der Waals surface area contributed by atoms with Crippen LogP contribution in [0.4, 0.5) is 11.6 Å². The molecular formula is C11H21BrN6. The van der Waals surface area contributed by atoms with E-state index in [0.29, 0.717) is 5.82 Å². The van der Waals surface area contributed by atoms with Gasteiger partial charge < -0.3 is 15.6 Å². The fourth-order valence-electron chi connectivity index (χ4n) is 1.83. The summed E-state index contributed by atoms with van der Waals surface area (Å²) in [4.78, 5) is 10.4. The average Bonchev–Trinajstić information content (AvgIpc) is 2.26. The molecule has 0 bridgehead atoms. The molecule has 0 unspecified atom stereocenters. The molecule has 0 aliphatic carbocycles. The largest absolute Gasteiger partial charge is 0.368 e. The third-order valence-corrected chi connectivity index (χ3v) is 3.16. The Bertz CT molecular complexity index is 393. The molecule has 102 valence electrons. The van der Waals surface area contributed by atoms with Gasteiger partial charge in [0.2, 0.25) is 0 Å². The summed E-state index contributed by atoms with van der Waals surface area (Å²) >= 11 is 3.42. The number of nitrogens with two attached hydrogens (primary N) is 1. The first-order chi connectivity index (χ1) is 8.35. The maximum atomic E-state index is 5.36. The van der Waals surface area contributed by atoms with Crippen LogP contribution in [0.1, 0.15) is 13.8 Å². The quantitative estimate of drug-likeness (QED) is 0.545. The smallest absolute Gasteiger partial charge is 0.159 e. The number of aromatic nitrogens is 2. The number of hydrazine groups is 1. The molecule has 1 aromatic rings. The molecule has 18 heavy (non-hydrogen) atoms. The van der Waals surface area contributed by atoms with E-state index >= 15 is 0 Å². The summed E-state index contributed by atoms with van der Waals surface area (Å²) in [6, 6.07) is 0. The molecule has 6 nitrogen and oxygen atoms in total. The Morgan fingerprint density at radius 3 is 2.50 bits per heavy atom. The van der Waals surface area contributed by atoms with Crippen molar-refractivity contribution in [3.05, 3.63) is 10.8 Å². The van der Waals surface area contributed by atoms with Gasteiger partial charge in [0, 0.05) is 13.1 Å². The second-order valence-electron chi connectivity index (χ2n) is 5.28. The molecule has 0 saturated heterocycles. The third kappa shape index (κ3) is 4.40. The highest BCUT2D eigenvalue weighted by Gasteiger charge is 2.19. The van der Waals surface area contributed by atoms with Crippen molar-refractivity contribution in [2.75, 3.05) is 37.9 Å². The number of nitrogens with one attached hydrogen (secondary N) is 2. The Labute approximate surface area is 116 Å². The highest BCUT2D eigenvalue weighted by molar-refractivity contribution is 9.10. The summed E-state index contributed by atoms with van der Waals surface area (Å²) < 4.78 is 0.744. The van der Waals surface area contributed by atoms with Gasteiger partial charge in [0.05, 0.1) is 0 Å². The molecule has 1 aromatic heterocycles. The van der Waals surface area contributed by atoms with Crippen molar-refractivity contribution in [1.29, 1.82) is 0 Å². The van der Waals surface area contributed by atoms with Crippen molar-refractivity contribution in [3.8, 4) is 0 Å². The van der Waals surface area contributed by atoms with Crippen molar-refractivity contribution < 1.29 is 0 Å². The van der Waals surface area contributed by atoms with Gasteiger partial charge in [-0.05, 0) is 35.4 Å². The van der Waals surface area contributed by atoms with Crippen LogP contribution in [0.25, 0.3) is 0 Å². The lowest BCUT2D eigenvalue weighted by Crippen LogP contribution is -2.34. The second-order valence-corrected chi connectivity index (χ2v) is 6.08. The number of anilines is 2. The molecule has 1 rings (SSSR count). The summed E-state index contributed by atoms with van der Waals surface area (Å²) in [5, 5.41) is 3.31. The first-order valence-corrected chi connectivity index (χ1v) is 6.51. The zero-order valence-corrected chi connectivity index (χ0v) is 12.9. The number of nitrogen functional groups attached to an aromatic ring is 1. The standard InChI is InChI=1S/C11H21BrN6/c1-11(2,6-18(3)4)5-14-9-8(12)10(17-13)16-7-15-9/h7H,5-6,13H2,1-4H3,(H2,14,15,16,17). The van der Waals surface area contributed by atoms with Gasteiger partial charge in [-0.1, -0.05) is 13.8 Å². The van der Waals surface area contributed by atoms with Crippen LogP contribution in [0.15, 0.2) is 10.8 Å². The zero-order valence-electron chi connectivity index (χ0n) is 11.3. The van der Waals surface area contributed by atoms with Crippen LogP contribution in [0.5, 0.6) is 0 Å². The van der Waals surface area contributed by atoms with Gasteiger partial charge in [-0.2, -0.15) is 0 Å². The lowest BCUT2D eigenvalue weighted by Gasteiger charge is -2.28. The Balaban J connectivity index is 2.69. The summed E-state index contributed by atoms with van der Waals surface area (Å²) in [5.41, 5.74) is 2.66. The van der Waals surface area contributed by atoms with Crippen LogP contribution in [-0.4, -0.2) is 42.1 Å². The minimum Gasteiger partial charge on any atom is -0.368 e. The third-order valence-electron chi connectivity index (χ3n) is 2.40. The van der Waals surface area contributed by atoms with Gasteiger partial charge in [0.25, 0.3) is 0 Å². The van der Waals surface area contributed by atoms with E-state index in [1.165, 1.54) is 6.33 Å². The second kappa shape index (κ2) is 6.31. The van der Waals surface area contributed by atoms with Crippen molar-refractivity contribution in [3.63, 3.8) is 0 Å². The number of nitrogens with zero attached hydrogens (tertiary/aromatic N) is 3. The van der Waals surface area contributed by atoms with Gasteiger partial charge in [-0.3, -0.25) is 0 Å². The normalized spacial score (nSPS) is 11.7. The minimum absolute atomic E-state index is 0.143. The van der Waals surface area contributed by atoms with Gasteiger partial charge >= 0.3 is 0 Å². The van der Waals surface area contributed by atoms with E-state index in [9.17, 15) is 0 Å². The average molecular weight is 317 g/mol. The molecule has 0 amide bonds. The molecule has 0 aliphatic heterocycles. The van der Waals surface area contributed by atoms with Crippen molar-refractivity contribution in [2.24, 2.45) is 11.3 Å². The lowest BCUT2D eigenvalue weighted by atomic mass is 9.93. The predicted molar refractivity (Wildman–Crippen MR) is 78.4 cm³/mol. The molecule has 7 heteroatoms. The van der Waals surface area contributed by atoms with Crippen LogP contribution in [0.3, 0.4) is 0 Å². The monoisotopic (exact) mass is 316 g/mol. The molecule has 0 spiro atoms. The van der Waals surface area contributed by atoms with Crippen molar-refractivity contribution in [2.45, 2.75) is 13.8 Å². The zero-order chi connectivity index (χ0) is 13.8. The SMILES string of the molecule is CN(C)CC(C)(C)CNc1ncnc(NN)c1Br. The number of rotatable bonds is 6. The summed E-state index contributed by atoms with van der Waals surface area (Å²) in [6.45, 7) is 6.21. The van der Waals surface area contributed by atoms with Crippen molar-refractivity contribution >= 4 is 27.6 Å². The van der Waals surface area contributed by atoms with E-state index in [2.05, 4.69) is 69.5 Å². The Hall–Kier alpha value is -0.920.